The predicted octanol–water partition coefficient (Wildman–Crippen LogP) is 3.08. The van der Waals surface area contributed by atoms with Crippen LogP contribution in [0.1, 0.15) is 16.7 Å². The highest BCUT2D eigenvalue weighted by molar-refractivity contribution is 6.27. The molecule has 0 fully saturated rings. The zero-order chi connectivity index (χ0) is 18.1. The monoisotopic (exact) mass is 331 g/mol. The SMILES string of the molecule is COc1ccccc1CNc1cc(C)cc(C)c1.O=C(O)C(=O)O. The molecule has 0 amide bonds. The topological polar surface area (TPSA) is 95.9 Å². The second-order valence-corrected chi connectivity index (χ2v) is 5.15. The number of ether oxygens (including phenoxy) is 1. The van der Waals surface area contributed by atoms with Gasteiger partial charge < -0.3 is 20.3 Å². The number of rotatable bonds is 4. The number of carbonyl (C=O) groups is 2. The molecule has 2 rings (SSSR count). The Morgan fingerprint density at radius 1 is 1.00 bits per heavy atom. The van der Waals surface area contributed by atoms with E-state index in [1.165, 1.54) is 16.7 Å². The number of aryl methyl sites for hydroxylation is 2. The summed E-state index contributed by atoms with van der Waals surface area (Å²) < 4.78 is 5.34. The van der Waals surface area contributed by atoms with E-state index in [4.69, 9.17) is 24.5 Å². The number of para-hydroxylation sites is 1. The molecule has 6 nitrogen and oxygen atoms in total. The molecule has 2 aromatic rings. The van der Waals surface area contributed by atoms with Crippen molar-refractivity contribution in [2.24, 2.45) is 0 Å². The fraction of sp³-hybridized carbons (Fsp3) is 0.222. The van der Waals surface area contributed by atoms with Crippen LogP contribution >= 0.6 is 0 Å². The Bertz CT molecular complexity index is 680. The number of anilines is 1. The fourth-order valence-corrected chi connectivity index (χ4v) is 2.12. The Kier molecular flexibility index (Phi) is 7.29. The van der Waals surface area contributed by atoms with Gasteiger partial charge in [0, 0.05) is 17.8 Å². The predicted molar refractivity (Wildman–Crippen MR) is 91.5 cm³/mol. The van der Waals surface area contributed by atoms with Gasteiger partial charge in [0.25, 0.3) is 0 Å². The van der Waals surface area contributed by atoms with Crippen molar-refractivity contribution in [2.75, 3.05) is 12.4 Å². The number of benzene rings is 2. The summed E-state index contributed by atoms with van der Waals surface area (Å²) in [7, 11) is 1.70. The van der Waals surface area contributed by atoms with Gasteiger partial charge in [-0.3, -0.25) is 0 Å². The number of aliphatic carboxylic acids is 2. The molecule has 0 aliphatic rings. The van der Waals surface area contributed by atoms with E-state index in [0.29, 0.717) is 0 Å². The van der Waals surface area contributed by atoms with E-state index >= 15 is 0 Å². The number of methoxy groups -OCH3 is 1. The van der Waals surface area contributed by atoms with Crippen molar-refractivity contribution in [3.8, 4) is 5.75 Å². The summed E-state index contributed by atoms with van der Waals surface area (Å²) in [5.41, 5.74) is 4.87. The Hall–Kier alpha value is -3.02. The van der Waals surface area contributed by atoms with Gasteiger partial charge in [-0.2, -0.15) is 0 Å². The van der Waals surface area contributed by atoms with Crippen LogP contribution in [-0.4, -0.2) is 29.3 Å². The van der Waals surface area contributed by atoms with Gasteiger partial charge in [-0.05, 0) is 43.2 Å². The third-order valence-corrected chi connectivity index (χ3v) is 3.08. The normalized spacial score (nSPS) is 9.46. The van der Waals surface area contributed by atoms with E-state index in [1.807, 2.05) is 18.2 Å². The smallest absolute Gasteiger partial charge is 0.414 e. The molecule has 0 unspecified atom stereocenters. The van der Waals surface area contributed by atoms with E-state index in [0.717, 1.165) is 18.0 Å². The van der Waals surface area contributed by atoms with E-state index in [2.05, 4.69) is 43.4 Å². The molecule has 24 heavy (non-hydrogen) atoms. The maximum atomic E-state index is 9.10. The summed E-state index contributed by atoms with van der Waals surface area (Å²) in [6.07, 6.45) is 0. The third-order valence-electron chi connectivity index (χ3n) is 3.08. The van der Waals surface area contributed by atoms with E-state index < -0.39 is 11.9 Å². The Labute approximate surface area is 140 Å². The number of nitrogens with one attached hydrogen (secondary N) is 1. The van der Waals surface area contributed by atoms with Gasteiger partial charge in [0.2, 0.25) is 0 Å². The van der Waals surface area contributed by atoms with E-state index in [1.54, 1.807) is 7.11 Å². The summed E-state index contributed by atoms with van der Waals surface area (Å²) in [6.45, 7) is 5.00. The average molecular weight is 331 g/mol. The zero-order valence-corrected chi connectivity index (χ0v) is 13.9. The molecular weight excluding hydrogens is 310 g/mol. The summed E-state index contributed by atoms with van der Waals surface area (Å²) in [5.74, 6) is -2.72. The number of hydrogen-bond donors (Lipinski definition) is 3. The third kappa shape index (κ3) is 6.39. The minimum absolute atomic E-state index is 0.771. The number of carboxylic acid groups (broad SMARTS) is 2. The largest absolute Gasteiger partial charge is 0.496 e. The zero-order valence-electron chi connectivity index (χ0n) is 13.9. The first-order chi connectivity index (χ1) is 11.3. The maximum absolute atomic E-state index is 9.10. The molecule has 0 spiro atoms. The molecule has 0 aromatic heterocycles. The van der Waals surface area contributed by atoms with Crippen LogP contribution in [0.4, 0.5) is 5.69 Å². The second kappa shape index (κ2) is 9.19. The molecule has 0 saturated carbocycles. The molecule has 0 atom stereocenters. The van der Waals surface area contributed by atoms with Crippen molar-refractivity contribution in [3.63, 3.8) is 0 Å². The Balaban J connectivity index is 0.000000413. The summed E-state index contributed by atoms with van der Waals surface area (Å²) in [4.78, 5) is 18.2. The molecule has 0 aliphatic carbocycles. The average Bonchev–Trinajstić information content (AvgIpc) is 2.52. The Morgan fingerprint density at radius 2 is 1.54 bits per heavy atom. The van der Waals surface area contributed by atoms with Crippen molar-refractivity contribution >= 4 is 17.6 Å². The van der Waals surface area contributed by atoms with Crippen LogP contribution in [0, 0.1) is 13.8 Å². The summed E-state index contributed by atoms with van der Waals surface area (Å²) in [5, 5.41) is 18.2. The number of hydrogen-bond acceptors (Lipinski definition) is 4. The molecule has 128 valence electrons. The molecule has 0 saturated heterocycles. The van der Waals surface area contributed by atoms with Gasteiger partial charge in [-0.15, -0.1) is 0 Å². The molecule has 6 heteroatoms. The molecule has 0 radical (unpaired) electrons. The van der Waals surface area contributed by atoms with Gasteiger partial charge in [-0.1, -0.05) is 24.3 Å². The van der Waals surface area contributed by atoms with E-state index in [-0.39, 0.29) is 0 Å². The lowest BCUT2D eigenvalue weighted by Gasteiger charge is -2.11. The minimum Gasteiger partial charge on any atom is -0.496 e. The maximum Gasteiger partial charge on any atom is 0.414 e. The molecule has 0 aliphatic heterocycles. The van der Waals surface area contributed by atoms with Crippen molar-refractivity contribution < 1.29 is 24.5 Å². The highest BCUT2D eigenvalue weighted by atomic mass is 16.5. The van der Waals surface area contributed by atoms with Gasteiger partial charge in [0.05, 0.1) is 7.11 Å². The van der Waals surface area contributed by atoms with Crippen LogP contribution in [0.2, 0.25) is 0 Å². The van der Waals surface area contributed by atoms with E-state index in [9.17, 15) is 0 Å². The van der Waals surface area contributed by atoms with Gasteiger partial charge in [-0.25, -0.2) is 9.59 Å². The Morgan fingerprint density at radius 3 is 2.04 bits per heavy atom. The lowest BCUT2D eigenvalue weighted by Crippen LogP contribution is -2.09. The van der Waals surface area contributed by atoms with Crippen LogP contribution in [0.5, 0.6) is 5.75 Å². The van der Waals surface area contributed by atoms with Crippen molar-refractivity contribution in [1.82, 2.24) is 0 Å². The molecule has 3 N–H and O–H groups in total. The number of carboxylic acids is 2. The quantitative estimate of drug-likeness (QED) is 0.745. The highest BCUT2D eigenvalue weighted by Crippen LogP contribution is 2.20. The molecule has 2 aromatic carbocycles. The van der Waals surface area contributed by atoms with Gasteiger partial charge in [0.15, 0.2) is 0 Å². The lowest BCUT2D eigenvalue weighted by atomic mass is 10.1. The molecule has 0 bridgehead atoms. The van der Waals surface area contributed by atoms with Crippen molar-refractivity contribution in [2.45, 2.75) is 20.4 Å². The highest BCUT2D eigenvalue weighted by Gasteiger charge is 2.04. The summed E-state index contributed by atoms with van der Waals surface area (Å²) >= 11 is 0. The van der Waals surface area contributed by atoms with Crippen molar-refractivity contribution in [1.29, 1.82) is 0 Å². The standard InChI is InChI=1S/C16H19NO.C2H2O4/c1-12-8-13(2)10-15(9-12)17-11-14-6-4-5-7-16(14)18-3;3-1(4)2(5)6/h4-10,17H,11H2,1-3H3;(H,3,4)(H,5,6). The van der Waals surface area contributed by atoms with Crippen LogP contribution in [-0.2, 0) is 16.1 Å². The first-order valence-corrected chi connectivity index (χ1v) is 7.23. The summed E-state index contributed by atoms with van der Waals surface area (Å²) in [6, 6.07) is 14.6. The fourth-order valence-electron chi connectivity index (χ4n) is 2.12. The van der Waals surface area contributed by atoms with Crippen molar-refractivity contribution in [3.05, 3.63) is 59.2 Å². The minimum atomic E-state index is -1.82. The van der Waals surface area contributed by atoms with Crippen LogP contribution in [0.3, 0.4) is 0 Å². The van der Waals surface area contributed by atoms with Gasteiger partial charge in [0.1, 0.15) is 5.75 Å². The molecule has 0 heterocycles. The first-order valence-electron chi connectivity index (χ1n) is 7.23. The van der Waals surface area contributed by atoms with Crippen LogP contribution in [0.25, 0.3) is 0 Å². The second-order valence-electron chi connectivity index (χ2n) is 5.15. The first kappa shape index (κ1) is 19.0. The molecular formula is C18H21NO5. The van der Waals surface area contributed by atoms with Crippen LogP contribution < -0.4 is 10.1 Å². The van der Waals surface area contributed by atoms with Gasteiger partial charge >= 0.3 is 11.9 Å². The lowest BCUT2D eigenvalue weighted by molar-refractivity contribution is -0.159. The van der Waals surface area contributed by atoms with Crippen LogP contribution in [0.15, 0.2) is 42.5 Å².